The van der Waals surface area contributed by atoms with Crippen LogP contribution in [-0.4, -0.2) is 24.6 Å². The van der Waals surface area contributed by atoms with Crippen LogP contribution in [0.15, 0.2) is 152 Å². The average Bonchev–Trinajstić information content (AvgIpc) is 3.58. The van der Waals surface area contributed by atoms with E-state index < -0.39 is 0 Å². The summed E-state index contributed by atoms with van der Waals surface area (Å²) in [5.41, 5.74) is 12.4. The Morgan fingerprint density at radius 2 is 1.17 bits per heavy atom. The van der Waals surface area contributed by atoms with Crippen LogP contribution in [0.5, 0.6) is 5.75 Å². The van der Waals surface area contributed by atoms with Gasteiger partial charge >= 0.3 is 0 Å². The minimum absolute atomic E-state index is 0.104. The van der Waals surface area contributed by atoms with Crippen LogP contribution >= 0.6 is 0 Å². The van der Waals surface area contributed by atoms with Gasteiger partial charge in [-0.05, 0) is 93.2 Å². The number of fused-ring (bicyclic) bond motifs is 1. The van der Waals surface area contributed by atoms with Crippen LogP contribution in [0, 0.1) is 0 Å². The molecule has 8 rings (SSSR count). The Bertz CT molecular complexity index is 2550. The van der Waals surface area contributed by atoms with Crippen molar-refractivity contribution in [2.24, 2.45) is 0 Å². The summed E-state index contributed by atoms with van der Waals surface area (Å²) in [6.45, 7) is 13.3. The first kappa shape index (κ1) is 34.7. The molecule has 0 fully saturated rings. The maximum absolute atomic E-state index is 11.6. The second kappa shape index (κ2) is 13.6. The van der Waals surface area contributed by atoms with Gasteiger partial charge in [-0.3, -0.25) is 9.55 Å². The molecule has 54 heavy (non-hydrogen) atoms. The van der Waals surface area contributed by atoms with E-state index in [1.807, 2.05) is 48.7 Å². The number of para-hydroxylation sites is 1. The van der Waals surface area contributed by atoms with E-state index in [-0.39, 0.29) is 16.6 Å². The highest BCUT2D eigenvalue weighted by Crippen LogP contribution is 2.41. The van der Waals surface area contributed by atoms with Crippen LogP contribution in [0.3, 0.4) is 0 Å². The molecule has 266 valence electrons. The van der Waals surface area contributed by atoms with Crippen molar-refractivity contribution in [1.82, 2.24) is 19.5 Å². The second-order valence-corrected chi connectivity index (χ2v) is 16.0. The highest BCUT2D eigenvalue weighted by atomic mass is 16.3. The number of aromatic nitrogens is 4. The number of pyridine rings is 2. The lowest BCUT2D eigenvalue weighted by atomic mass is 9.83. The molecule has 3 heterocycles. The van der Waals surface area contributed by atoms with Gasteiger partial charge in [0.15, 0.2) is 5.82 Å². The zero-order valence-corrected chi connectivity index (χ0v) is 31.7. The maximum Gasteiger partial charge on any atom is 0.150 e. The normalized spacial score (nSPS) is 12.0. The molecule has 5 heteroatoms. The summed E-state index contributed by atoms with van der Waals surface area (Å²) in [4.78, 5) is 15.5. The van der Waals surface area contributed by atoms with Gasteiger partial charge in [-0.2, -0.15) is 0 Å². The molecule has 0 aliphatic heterocycles. The fourth-order valence-corrected chi connectivity index (χ4v) is 7.01. The number of phenolic OH excluding ortho intramolecular Hbond substituents is 1. The van der Waals surface area contributed by atoms with Crippen molar-refractivity contribution in [2.45, 2.75) is 52.4 Å². The molecule has 1 N–H and O–H groups in total. The molecule has 0 bridgehead atoms. The van der Waals surface area contributed by atoms with Gasteiger partial charge in [0, 0.05) is 22.9 Å². The van der Waals surface area contributed by atoms with E-state index in [0.717, 1.165) is 61.4 Å². The molecule has 0 saturated carbocycles. The minimum atomic E-state index is -0.147. The monoisotopic (exact) mass is 704 g/mol. The van der Waals surface area contributed by atoms with Gasteiger partial charge in [0.1, 0.15) is 11.6 Å². The van der Waals surface area contributed by atoms with Gasteiger partial charge in [0.25, 0.3) is 0 Å². The van der Waals surface area contributed by atoms with Crippen molar-refractivity contribution in [3.63, 3.8) is 0 Å². The van der Waals surface area contributed by atoms with E-state index in [2.05, 4.69) is 143 Å². The predicted octanol–water partition coefficient (Wildman–Crippen LogP) is 12.5. The molecule has 0 spiro atoms. The first-order valence-corrected chi connectivity index (χ1v) is 18.5. The van der Waals surface area contributed by atoms with Gasteiger partial charge in [-0.15, -0.1) is 0 Å². The topological polar surface area (TPSA) is 63.8 Å². The van der Waals surface area contributed by atoms with E-state index in [1.165, 1.54) is 5.56 Å². The van der Waals surface area contributed by atoms with Crippen molar-refractivity contribution in [3.05, 3.63) is 163 Å². The van der Waals surface area contributed by atoms with Crippen LogP contribution in [0.2, 0.25) is 0 Å². The van der Waals surface area contributed by atoms with Gasteiger partial charge < -0.3 is 5.11 Å². The Kier molecular flexibility index (Phi) is 8.74. The molecular formula is C49H44N4O. The zero-order valence-electron chi connectivity index (χ0n) is 31.7. The number of hydrogen-bond acceptors (Lipinski definition) is 4. The summed E-state index contributed by atoms with van der Waals surface area (Å²) in [6.07, 6.45) is 1.84. The first-order chi connectivity index (χ1) is 25.9. The summed E-state index contributed by atoms with van der Waals surface area (Å²) < 4.78 is 2.12. The molecular weight excluding hydrogens is 661 g/mol. The number of nitrogens with zero attached hydrogens (tertiary/aromatic N) is 4. The SMILES string of the molecule is CC(C)(C)c1cc(-c2ccccn2)cc(-c2cccc3c2nc(-c2cc(C(C)(C)C)ccc2O)n3-c2cc(-c3ccccc3)cc(-c3ccccc3)n2)c1. The van der Waals surface area contributed by atoms with Gasteiger partial charge in [-0.25, -0.2) is 9.97 Å². The molecule has 0 aliphatic rings. The number of rotatable bonds is 6. The molecule has 0 saturated heterocycles. The summed E-state index contributed by atoms with van der Waals surface area (Å²) in [5.74, 6) is 1.49. The third kappa shape index (κ3) is 6.69. The fraction of sp³-hybridized carbons (Fsp3) is 0.163. The third-order valence-corrected chi connectivity index (χ3v) is 10.1. The highest BCUT2D eigenvalue weighted by molar-refractivity contribution is 5.97. The van der Waals surface area contributed by atoms with Crippen LogP contribution in [-0.2, 0) is 10.8 Å². The van der Waals surface area contributed by atoms with Crippen LogP contribution in [0.25, 0.3) is 73.0 Å². The Hall–Kier alpha value is -6.33. The summed E-state index contributed by atoms with van der Waals surface area (Å²) in [5, 5.41) is 11.6. The smallest absolute Gasteiger partial charge is 0.150 e. The minimum Gasteiger partial charge on any atom is -0.507 e. The van der Waals surface area contributed by atoms with Gasteiger partial charge in [0.2, 0.25) is 0 Å². The first-order valence-electron chi connectivity index (χ1n) is 18.5. The van der Waals surface area contributed by atoms with Crippen molar-refractivity contribution >= 4 is 11.0 Å². The molecule has 0 unspecified atom stereocenters. The van der Waals surface area contributed by atoms with Gasteiger partial charge in [0.05, 0.1) is 28.0 Å². The van der Waals surface area contributed by atoms with E-state index in [4.69, 9.17) is 15.0 Å². The maximum atomic E-state index is 11.6. The Morgan fingerprint density at radius 3 is 1.85 bits per heavy atom. The van der Waals surface area contributed by atoms with Crippen LogP contribution in [0.4, 0.5) is 0 Å². The molecule has 0 aliphatic carbocycles. The predicted molar refractivity (Wildman–Crippen MR) is 223 cm³/mol. The molecule has 0 atom stereocenters. The number of aromatic hydroxyl groups is 1. The Morgan fingerprint density at radius 1 is 0.481 bits per heavy atom. The number of hydrogen-bond donors (Lipinski definition) is 1. The molecule has 0 amide bonds. The van der Waals surface area contributed by atoms with E-state index in [9.17, 15) is 5.11 Å². The zero-order chi connectivity index (χ0) is 37.6. The number of phenols is 1. The Labute approximate surface area is 317 Å². The number of benzene rings is 5. The molecule has 3 aromatic heterocycles. The van der Waals surface area contributed by atoms with E-state index >= 15 is 0 Å². The lowest BCUT2D eigenvalue weighted by Gasteiger charge is -2.21. The average molecular weight is 705 g/mol. The summed E-state index contributed by atoms with van der Waals surface area (Å²) in [6, 6.07) is 49.9. The highest BCUT2D eigenvalue weighted by Gasteiger charge is 2.25. The Balaban J connectivity index is 1.45. The van der Waals surface area contributed by atoms with Crippen LogP contribution in [0.1, 0.15) is 52.7 Å². The summed E-state index contributed by atoms with van der Waals surface area (Å²) >= 11 is 0. The summed E-state index contributed by atoms with van der Waals surface area (Å²) in [7, 11) is 0. The van der Waals surface area contributed by atoms with E-state index in [1.54, 1.807) is 6.07 Å². The lowest BCUT2D eigenvalue weighted by molar-refractivity contribution is 0.475. The molecule has 0 radical (unpaired) electrons. The largest absolute Gasteiger partial charge is 0.507 e. The standard InChI is InChI=1S/C49H44N4O/c1-48(2,3)37-23-24-44(54)40(31-37)47-52-46-39(35-26-36(41-21-13-14-25-50-41)28-38(27-35)49(4,5)6)20-15-22-43(46)53(47)45-30-34(32-16-9-7-10-17-32)29-42(51-45)33-18-11-8-12-19-33/h7-31,54H,1-6H3. The van der Waals surface area contributed by atoms with Crippen LogP contribution < -0.4 is 0 Å². The quantitative estimate of drug-likeness (QED) is 0.187. The van der Waals surface area contributed by atoms with Gasteiger partial charge in [-0.1, -0.05) is 133 Å². The molecule has 5 nitrogen and oxygen atoms in total. The van der Waals surface area contributed by atoms with Crippen molar-refractivity contribution in [3.8, 4) is 67.7 Å². The van der Waals surface area contributed by atoms with Crippen molar-refractivity contribution in [1.29, 1.82) is 0 Å². The lowest BCUT2D eigenvalue weighted by Crippen LogP contribution is -2.11. The molecule has 5 aromatic carbocycles. The third-order valence-electron chi connectivity index (χ3n) is 10.1. The fourth-order valence-electron chi connectivity index (χ4n) is 7.01. The van der Waals surface area contributed by atoms with Crippen molar-refractivity contribution in [2.75, 3.05) is 0 Å². The number of imidazole rings is 1. The second-order valence-electron chi connectivity index (χ2n) is 16.0. The van der Waals surface area contributed by atoms with Crippen molar-refractivity contribution < 1.29 is 5.11 Å². The molecule has 8 aromatic rings. The van der Waals surface area contributed by atoms with E-state index in [0.29, 0.717) is 17.2 Å².